The molecule has 26 heavy (non-hydrogen) atoms. The number of carbonyl (C=O) groups is 1. The van der Waals surface area contributed by atoms with Crippen LogP contribution in [-0.4, -0.2) is 17.6 Å². The van der Waals surface area contributed by atoms with Crippen molar-refractivity contribution in [3.63, 3.8) is 0 Å². The van der Waals surface area contributed by atoms with Crippen LogP contribution in [0.2, 0.25) is 0 Å². The molecule has 3 rings (SSSR count). The van der Waals surface area contributed by atoms with E-state index in [0.29, 0.717) is 16.7 Å². The zero-order valence-electron chi connectivity index (χ0n) is 13.5. The van der Waals surface area contributed by atoms with Gasteiger partial charge in [-0.3, -0.25) is 9.64 Å². The van der Waals surface area contributed by atoms with E-state index in [1.165, 1.54) is 18.2 Å². The van der Waals surface area contributed by atoms with Crippen LogP contribution < -0.4 is 10.4 Å². The van der Waals surface area contributed by atoms with Crippen LogP contribution in [0.5, 0.6) is 11.5 Å². The fourth-order valence-electron chi connectivity index (χ4n) is 2.42. The molecule has 0 saturated heterocycles. The summed E-state index contributed by atoms with van der Waals surface area (Å²) in [6.45, 7) is 6.62. The third-order valence-electron chi connectivity index (χ3n) is 3.61. The fourth-order valence-corrected chi connectivity index (χ4v) is 2.42. The van der Waals surface area contributed by atoms with E-state index >= 15 is 0 Å². The zero-order chi connectivity index (χ0) is 18.5. The van der Waals surface area contributed by atoms with Gasteiger partial charge in [0.2, 0.25) is 0 Å². The molecule has 0 amide bonds. The van der Waals surface area contributed by atoms with E-state index in [4.69, 9.17) is 15.7 Å². The lowest BCUT2D eigenvalue weighted by atomic mass is 10.1. The number of ketones is 1. The molecule has 3 aromatic rings. The first-order valence-electron chi connectivity index (χ1n) is 7.63. The molecule has 0 aliphatic carbocycles. The SMILES string of the molecule is [C-]#[N+]COc1cccc(C=CC(=O)c2c(O)c3ccccc3oc2=O)c1. The molecular weight excluding hydrogens is 334 g/mol. The Morgan fingerprint density at radius 2 is 2.04 bits per heavy atom. The van der Waals surface area contributed by atoms with E-state index in [2.05, 4.69) is 4.85 Å². The highest BCUT2D eigenvalue weighted by molar-refractivity contribution is 6.10. The largest absolute Gasteiger partial charge is 0.506 e. The topological polar surface area (TPSA) is 81.1 Å². The van der Waals surface area contributed by atoms with Crippen molar-refractivity contribution >= 4 is 22.8 Å². The minimum absolute atomic E-state index is 0.0991. The molecule has 0 aliphatic rings. The molecule has 0 spiro atoms. The Hall–Kier alpha value is -3.85. The van der Waals surface area contributed by atoms with E-state index in [1.54, 1.807) is 42.5 Å². The van der Waals surface area contributed by atoms with E-state index in [-0.39, 0.29) is 12.3 Å². The van der Waals surface area contributed by atoms with Crippen molar-refractivity contribution in [2.75, 3.05) is 6.73 Å². The molecule has 0 fully saturated rings. The lowest BCUT2D eigenvalue weighted by Gasteiger charge is -2.03. The highest BCUT2D eigenvalue weighted by atomic mass is 16.5. The van der Waals surface area contributed by atoms with Crippen molar-refractivity contribution in [1.82, 2.24) is 0 Å². The van der Waals surface area contributed by atoms with Crippen molar-refractivity contribution in [1.29, 1.82) is 0 Å². The van der Waals surface area contributed by atoms with E-state index < -0.39 is 22.7 Å². The van der Waals surface area contributed by atoms with Crippen molar-refractivity contribution in [2.24, 2.45) is 0 Å². The first-order valence-corrected chi connectivity index (χ1v) is 7.63. The summed E-state index contributed by atoms with van der Waals surface area (Å²) in [5.74, 6) is -0.584. The van der Waals surface area contributed by atoms with Crippen LogP contribution in [0.25, 0.3) is 21.9 Å². The highest BCUT2D eigenvalue weighted by Crippen LogP contribution is 2.26. The Labute approximate surface area is 148 Å². The maximum absolute atomic E-state index is 12.4. The molecule has 0 saturated carbocycles. The summed E-state index contributed by atoms with van der Waals surface area (Å²) < 4.78 is 10.3. The van der Waals surface area contributed by atoms with Crippen LogP contribution in [0, 0.1) is 6.57 Å². The van der Waals surface area contributed by atoms with Crippen LogP contribution in [0.15, 0.2) is 63.8 Å². The normalized spacial score (nSPS) is 10.7. The molecule has 0 bridgehead atoms. The summed E-state index contributed by atoms with van der Waals surface area (Å²) in [5.41, 5.74) is -0.462. The van der Waals surface area contributed by atoms with Crippen LogP contribution >= 0.6 is 0 Å². The maximum Gasteiger partial charge on any atom is 0.357 e. The van der Waals surface area contributed by atoms with Gasteiger partial charge in [-0.15, -0.1) is 0 Å². The van der Waals surface area contributed by atoms with Gasteiger partial charge < -0.3 is 14.3 Å². The predicted molar refractivity (Wildman–Crippen MR) is 96.1 cm³/mol. The second-order valence-corrected chi connectivity index (χ2v) is 5.31. The number of benzene rings is 2. The first-order chi connectivity index (χ1) is 12.6. The van der Waals surface area contributed by atoms with Gasteiger partial charge in [-0.1, -0.05) is 30.3 Å². The van der Waals surface area contributed by atoms with Crippen molar-refractivity contribution in [2.45, 2.75) is 0 Å². The Bertz CT molecular complexity index is 1110. The van der Waals surface area contributed by atoms with Crippen molar-refractivity contribution < 1.29 is 19.1 Å². The summed E-state index contributed by atoms with van der Waals surface area (Å²) in [4.78, 5) is 27.5. The second kappa shape index (κ2) is 7.36. The third kappa shape index (κ3) is 3.47. The van der Waals surface area contributed by atoms with Gasteiger partial charge in [-0.05, 0) is 35.9 Å². The van der Waals surface area contributed by atoms with Gasteiger partial charge in [0.05, 0.1) is 5.39 Å². The first kappa shape index (κ1) is 17.0. The van der Waals surface area contributed by atoms with Gasteiger partial charge in [0.1, 0.15) is 22.6 Å². The third-order valence-corrected chi connectivity index (χ3v) is 3.61. The number of hydrogen-bond donors (Lipinski definition) is 1. The average molecular weight is 347 g/mol. The van der Waals surface area contributed by atoms with Crippen molar-refractivity contribution in [3.05, 3.63) is 87.6 Å². The molecule has 1 aromatic heterocycles. The monoisotopic (exact) mass is 347 g/mol. The zero-order valence-corrected chi connectivity index (χ0v) is 13.5. The quantitative estimate of drug-likeness (QED) is 0.330. The average Bonchev–Trinajstić information content (AvgIpc) is 2.65. The molecule has 0 atom stereocenters. The molecule has 6 heteroatoms. The second-order valence-electron chi connectivity index (χ2n) is 5.31. The number of fused-ring (bicyclic) bond motifs is 1. The molecular formula is C20H13NO5. The standard InChI is InChI=1S/C20H13NO5/c1-21-12-25-14-6-4-5-13(11-14)9-10-16(22)18-19(23)15-7-2-3-8-17(15)26-20(18)24/h2-11,23H,12H2. The lowest BCUT2D eigenvalue weighted by Crippen LogP contribution is -2.12. The van der Waals surface area contributed by atoms with Gasteiger partial charge in [-0.2, -0.15) is 0 Å². The number of ether oxygens (including phenoxy) is 1. The van der Waals surface area contributed by atoms with Gasteiger partial charge in [0, 0.05) is 0 Å². The number of nitrogens with zero attached hydrogens (tertiary/aromatic N) is 1. The van der Waals surface area contributed by atoms with Gasteiger partial charge in [-0.25, -0.2) is 11.4 Å². The summed E-state index contributed by atoms with van der Waals surface area (Å²) >= 11 is 0. The maximum atomic E-state index is 12.4. The molecule has 0 radical (unpaired) electrons. The van der Waals surface area contributed by atoms with Crippen LogP contribution in [0.3, 0.4) is 0 Å². The molecule has 1 N–H and O–H groups in total. The molecule has 6 nitrogen and oxygen atoms in total. The van der Waals surface area contributed by atoms with Crippen LogP contribution in [0.1, 0.15) is 15.9 Å². The molecule has 128 valence electrons. The number of hydrogen-bond acceptors (Lipinski definition) is 5. The minimum atomic E-state index is -0.898. The Morgan fingerprint density at radius 1 is 1.23 bits per heavy atom. The Kier molecular flexibility index (Phi) is 4.81. The number of allylic oxidation sites excluding steroid dienone is 1. The summed E-state index contributed by atoms with van der Waals surface area (Å²) in [6.07, 6.45) is 2.66. The molecule has 2 aromatic carbocycles. The van der Waals surface area contributed by atoms with Gasteiger partial charge in [0.15, 0.2) is 5.78 Å². The summed E-state index contributed by atoms with van der Waals surface area (Å²) in [6, 6.07) is 13.2. The number of rotatable bonds is 5. The fraction of sp³-hybridized carbons (Fsp3) is 0.0500. The summed E-state index contributed by atoms with van der Waals surface area (Å²) in [5, 5.41) is 10.6. The smallest absolute Gasteiger partial charge is 0.357 e. The molecule has 1 heterocycles. The number of para-hydroxylation sites is 1. The van der Waals surface area contributed by atoms with Gasteiger partial charge >= 0.3 is 12.4 Å². The number of carbonyl (C=O) groups excluding carboxylic acids is 1. The molecule has 0 unspecified atom stereocenters. The van der Waals surface area contributed by atoms with Gasteiger partial charge in [0.25, 0.3) is 0 Å². The lowest BCUT2D eigenvalue weighted by molar-refractivity contribution is 0.104. The summed E-state index contributed by atoms with van der Waals surface area (Å²) in [7, 11) is 0. The van der Waals surface area contributed by atoms with E-state index in [0.717, 1.165) is 0 Å². The Morgan fingerprint density at radius 3 is 2.85 bits per heavy atom. The van der Waals surface area contributed by atoms with E-state index in [9.17, 15) is 14.7 Å². The van der Waals surface area contributed by atoms with Crippen LogP contribution in [-0.2, 0) is 0 Å². The Balaban J connectivity index is 1.91. The number of aromatic hydroxyl groups is 1. The highest BCUT2D eigenvalue weighted by Gasteiger charge is 2.18. The predicted octanol–water partition coefficient (Wildman–Crippen LogP) is 3.65. The van der Waals surface area contributed by atoms with Crippen molar-refractivity contribution in [3.8, 4) is 11.5 Å². The van der Waals surface area contributed by atoms with Crippen LogP contribution in [0.4, 0.5) is 0 Å². The molecule has 0 aliphatic heterocycles. The van der Waals surface area contributed by atoms with E-state index in [1.807, 2.05) is 0 Å². The minimum Gasteiger partial charge on any atom is -0.506 e.